The van der Waals surface area contributed by atoms with Crippen LogP contribution in [0.2, 0.25) is 0 Å². The number of halogens is 1. The molecule has 0 saturated heterocycles. The van der Waals surface area contributed by atoms with E-state index in [0.717, 1.165) is 6.07 Å². The third kappa shape index (κ3) is 3.54. The van der Waals surface area contributed by atoms with Crippen molar-refractivity contribution in [3.63, 3.8) is 0 Å². The molecule has 1 aromatic carbocycles. The molecular formula is C13H14FNO4. The Morgan fingerprint density at radius 1 is 1.26 bits per heavy atom. The first-order valence-electron chi connectivity index (χ1n) is 5.42. The van der Waals surface area contributed by atoms with Gasteiger partial charge in [0, 0.05) is 17.2 Å². The van der Waals surface area contributed by atoms with E-state index in [1.165, 1.54) is 33.1 Å². The van der Waals surface area contributed by atoms with E-state index in [9.17, 15) is 14.0 Å². The number of aliphatic carboxylic acids is 1. The summed E-state index contributed by atoms with van der Waals surface area (Å²) in [5, 5.41) is 11.3. The fourth-order valence-electron chi connectivity index (χ4n) is 1.32. The summed E-state index contributed by atoms with van der Waals surface area (Å²) >= 11 is 0. The highest BCUT2D eigenvalue weighted by Gasteiger charge is 2.14. The minimum absolute atomic E-state index is 0.0569. The van der Waals surface area contributed by atoms with Crippen LogP contribution in [0.1, 0.15) is 13.8 Å². The normalized spacial score (nSPS) is 11.6. The topological polar surface area (TPSA) is 75.6 Å². The van der Waals surface area contributed by atoms with Crippen molar-refractivity contribution >= 4 is 17.6 Å². The van der Waals surface area contributed by atoms with Crippen LogP contribution in [0.25, 0.3) is 0 Å². The smallest absolute Gasteiger partial charge is 0.331 e. The number of anilines is 1. The highest BCUT2D eigenvalue weighted by atomic mass is 19.1. The lowest BCUT2D eigenvalue weighted by molar-refractivity contribution is -0.133. The van der Waals surface area contributed by atoms with E-state index in [-0.39, 0.29) is 22.6 Å². The second-order valence-corrected chi connectivity index (χ2v) is 3.85. The van der Waals surface area contributed by atoms with Gasteiger partial charge in [-0.25, -0.2) is 9.18 Å². The zero-order chi connectivity index (χ0) is 14.6. The van der Waals surface area contributed by atoms with Gasteiger partial charge in [0.25, 0.3) is 5.91 Å². The highest BCUT2D eigenvalue weighted by molar-refractivity contribution is 6.08. The summed E-state index contributed by atoms with van der Waals surface area (Å²) in [4.78, 5) is 22.6. The molecular weight excluding hydrogens is 253 g/mol. The summed E-state index contributed by atoms with van der Waals surface area (Å²) in [7, 11) is 1.34. The molecule has 0 fully saturated rings. The maximum absolute atomic E-state index is 13.0. The lowest BCUT2D eigenvalue weighted by Gasteiger charge is -2.11. The monoisotopic (exact) mass is 267 g/mol. The number of methoxy groups -OCH3 is 1. The molecule has 0 spiro atoms. The molecule has 1 amide bonds. The van der Waals surface area contributed by atoms with E-state index in [4.69, 9.17) is 9.84 Å². The van der Waals surface area contributed by atoms with Crippen LogP contribution in [0.15, 0.2) is 29.3 Å². The van der Waals surface area contributed by atoms with Crippen molar-refractivity contribution in [3.8, 4) is 5.75 Å². The maximum atomic E-state index is 13.0. The Hall–Kier alpha value is -2.37. The van der Waals surface area contributed by atoms with E-state index < -0.39 is 17.7 Å². The summed E-state index contributed by atoms with van der Waals surface area (Å²) in [5.74, 6) is -2.08. The molecule has 0 aliphatic carbocycles. The minimum atomic E-state index is -1.17. The molecule has 0 radical (unpaired) electrons. The van der Waals surface area contributed by atoms with Gasteiger partial charge in [0.15, 0.2) is 0 Å². The maximum Gasteiger partial charge on any atom is 0.331 e. The van der Waals surface area contributed by atoms with Crippen molar-refractivity contribution in [2.75, 3.05) is 12.4 Å². The summed E-state index contributed by atoms with van der Waals surface area (Å²) < 4.78 is 17.9. The fourth-order valence-corrected chi connectivity index (χ4v) is 1.32. The third-order valence-corrected chi connectivity index (χ3v) is 2.64. The number of carbonyl (C=O) groups is 2. The summed E-state index contributed by atoms with van der Waals surface area (Å²) in [6.07, 6.45) is 0. The zero-order valence-electron chi connectivity index (χ0n) is 10.8. The number of ether oxygens (including phenoxy) is 1. The van der Waals surface area contributed by atoms with Gasteiger partial charge in [-0.2, -0.15) is 0 Å². The van der Waals surface area contributed by atoms with Gasteiger partial charge < -0.3 is 15.2 Å². The number of amides is 1. The van der Waals surface area contributed by atoms with Gasteiger partial charge in [0.05, 0.1) is 12.8 Å². The van der Waals surface area contributed by atoms with Crippen molar-refractivity contribution in [1.82, 2.24) is 0 Å². The van der Waals surface area contributed by atoms with Crippen LogP contribution in [-0.2, 0) is 9.59 Å². The molecule has 19 heavy (non-hydrogen) atoms. The molecule has 0 aromatic heterocycles. The van der Waals surface area contributed by atoms with Crippen LogP contribution in [0.5, 0.6) is 5.75 Å². The number of carboxylic acids is 1. The second-order valence-electron chi connectivity index (χ2n) is 3.85. The predicted molar refractivity (Wildman–Crippen MR) is 67.6 cm³/mol. The van der Waals surface area contributed by atoms with Crippen LogP contribution >= 0.6 is 0 Å². The second kappa shape index (κ2) is 5.99. The van der Waals surface area contributed by atoms with Crippen molar-refractivity contribution in [2.24, 2.45) is 0 Å². The molecule has 0 aliphatic rings. The zero-order valence-corrected chi connectivity index (χ0v) is 10.8. The van der Waals surface area contributed by atoms with Gasteiger partial charge >= 0.3 is 5.97 Å². The van der Waals surface area contributed by atoms with E-state index in [1.807, 2.05) is 0 Å². The van der Waals surface area contributed by atoms with Crippen LogP contribution in [-0.4, -0.2) is 24.1 Å². The molecule has 0 aliphatic heterocycles. The van der Waals surface area contributed by atoms with Gasteiger partial charge in [-0.3, -0.25) is 4.79 Å². The Kier molecular flexibility index (Phi) is 4.63. The van der Waals surface area contributed by atoms with Gasteiger partial charge in [-0.05, 0) is 26.0 Å². The average molecular weight is 267 g/mol. The summed E-state index contributed by atoms with van der Waals surface area (Å²) in [6, 6.07) is 3.63. The van der Waals surface area contributed by atoms with Crippen molar-refractivity contribution in [1.29, 1.82) is 0 Å². The Morgan fingerprint density at radius 3 is 2.42 bits per heavy atom. The van der Waals surface area contributed by atoms with E-state index in [0.29, 0.717) is 0 Å². The van der Waals surface area contributed by atoms with Gasteiger partial charge in [0.1, 0.15) is 11.6 Å². The number of hydrogen-bond donors (Lipinski definition) is 2. The molecule has 102 valence electrons. The van der Waals surface area contributed by atoms with Gasteiger partial charge in [0.2, 0.25) is 0 Å². The predicted octanol–water partition coefficient (Wildman–Crippen LogP) is 2.19. The summed E-state index contributed by atoms with van der Waals surface area (Å²) in [6.45, 7) is 2.73. The molecule has 1 rings (SSSR count). The summed E-state index contributed by atoms with van der Waals surface area (Å²) in [5.41, 5.74) is 0.281. The Morgan fingerprint density at radius 2 is 1.89 bits per heavy atom. The number of benzene rings is 1. The first-order valence-corrected chi connectivity index (χ1v) is 5.42. The van der Waals surface area contributed by atoms with Crippen LogP contribution in [0.3, 0.4) is 0 Å². The number of nitrogens with one attached hydrogen (secondary N) is 1. The number of hydrogen-bond acceptors (Lipinski definition) is 3. The van der Waals surface area contributed by atoms with Crippen LogP contribution < -0.4 is 10.1 Å². The number of rotatable bonds is 4. The lowest BCUT2D eigenvalue weighted by atomic mass is 10.1. The quantitative estimate of drug-likeness (QED) is 0.820. The third-order valence-electron chi connectivity index (χ3n) is 2.64. The number of carbonyl (C=O) groups excluding carboxylic acids is 1. The van der Waals surface area contributed by atoms with Crippen molar-refractivity contribution < 1.29 is 23.8 Å². The fraction of sp³-hybridized carbons (Fsp3) is 0.231. The molecule has 0 bridgehead atoms. The standard InChI is InChI=1S/C13H14FNO4/c1-7(8(2)13(17)18)12(16)15-10-5-4-9(14)6-11(10)19-3/h4-6H,1-3H3,(H,15,16)(H,17,18). The van der Waals surface area contributed by atoms with Crippen LogP contribution in [0.4, 0.5) is 10.1 Å². The van der Waals surface area contributed by atoms with E-state index >= 15 is 0 Å². The van der Waals surface area contributed by atoms with Crippen LogP contribution in [0, 0.1) is 5.82 Å². The Bertz CT molecular complexity index is 552. The molecule has 1 aromatic rings. The van der Waals surface area contributed by atoms with E-state index in [2.05, 4.69) is 5.32 Å². The first kappa shape index (κ1) is 14.7. The first-order chi connectivity index (χ1) is 8.86. The lowest BCUT2D eigenvalue weighted by Crippen LogP contribution is -2.16. The Labute approximate surface area is 109 Å². The minimum Gasteiger partial charge on any atom is -0.494 e. The molecule has 6 heteroatoms. The van der Waals surface area contributed by atoms with Gasteiger partial charge in [-0.15, -0.1) is 0 Å². The highest BCUT2D eigenvalue weighted by Crippen LogP contribution is 2.25. The molecule has 5 nitrogen and oxygen atoms in total. The van der Waals surface area contributed by atoms with E-state index in [1.54, 1.807) is 0 Å². The molecule has 0 saturated carbocycles. The average Bonchev–Trinajstić information content (AvgIpc) is 2.38. The largest absolute Gasteiger partial charge is 0.494 e. The number of carboxylic acid groups (broad SMARTS) is 1. The molecule has 0 unspecified atom stereocenters. The SMILES string of the molecule is COc1cc(F)ccc1NC(=O)C(C)=C(C)C(=O)O. The molecule has 2 N–H and O–H groups in total. The Balaban J connectivity index is 3.01. The molecule has 0 atom stereocenters. The van der Waals surface area contributed by atoms with Crippen molar-refractivity contribution in [3.05, 3.63) is 35.2 Å². The van der Waals surface area contributed by atoms with Gasteiger partial charge in [-0.1, -0.05) is 0 Å². The van der Waals surface area contributed by atoms with Crippen molar-refractivity contribution in [2.45, 2.75) is 13.8 Å². The molecule has 0 heterocycles.